The predicted octanol–water partition coefficient (Wildman–Crippen LogP) is 0.210. The van der Waals surface area contributed by atoms with E-state index in [-0.39, 0.29) is 17.6 Å². The first-order valence-corrected chi connectivity index (χ1v) is 8.40. The van der Waals surface area contributed by atoms with Gasteiger partial charge in [-0.2, -0.15) is 10.2 Å². The van der Waals surface area contributed by atoms with Gasteiger partial charge in [0.1, 0.15) is 11.9 Å². The second-order valence-electron chi connectivity index (χ2n) is 6.39. The summed E-state index contributed by atoms with van der Waals surface area (Å²) in [5.74, 6) is 1.17. The van der Waals surface area contributed by atoms with E-state index in [1.54, 1.807) is 19.0 Å². The Morgan fingerprint density at radius 2 is 2.00 bits per heavy atom. The highest BCUT2D eigenvalue weighted by atomic mass is 16.2. The smallest absolute Gasteiger partial charge is 0.345 e. The van der Waals surface area contributed by atoms with Gasteiger partial charge in [-0.1, -0.05) is 0 Å². The van der Waals surface area contributed by atoms with Gasteiger partial charge in [-0.25, -0.2) is 9.48 Å². The molecule has 134 valence electrons. The summed E-state index contributed by atoms with van der Waals surface area (Å²) >= 11 is 0. The van der Waals surface area contributed by atoms with Crippen LogP contribution < -0.4 is 11.0 Å². The quantitative estimate of drug-likeness (QED) is 0.851. The number of aryl methyl sites for hydroxylation is 2. The van der Waals surface area contributed by atoms with Gasteiger partial charge < -0.3 is 10.2 Å². The molecule has 0 bridgehead atoms. The lowest BCUT2D eigenvalue weighted by atomic mass is 10.1. The Morgan fingerprint density at radius 1 is 1.20 bits per heavy atom. The van der Waals surface area contributed by atoms with Crippen molar-refractivity contribution in [2.24, 2.45) is 14.1 Å². The first kappa shape index (κ1) is 17.1. The van der Waals surface area contributed by atoms with E-state index in [9.17, 15) is 9.59 Å². The highest BCUT2D eigenvalue weighted by Crippen LogP contribution is 2.17. The molecule has 1 unspecified atom stereocenters. The van der Waals surface area contributed by atoms with Gasteiger partial charge in [0.2, 0.25) is 5.91 Å². The molecule has 0 aromatic carbocycles. The van der Waals surface area contributed by atoms with Crippen molar-refractivity contribution < 1.29 is 4.79 Å². The molecule has 9 heteroatoms. The molecule has 1 saturated heterocycles. The number of hydrogen-bond acceptors (Lipinski definition) is 6. The number of rotatable bonds is 4. The van der Waals surface area contributed by atoms with E-state index in [4.69, 9.17) is 0 Å². The third kappa shape index (κ3) is 3.70. The van der Waals surface area contributed by atoms with Crippen molar-refractivity contribution in [3.05, 3.63) is 34.1 Å². The van der Waals surface area contributed by atoms with Crippen LogP contribution >= 0.6 is 0 Å². The molecule has 0 spiro atoms. The molecule has 25 heavy (non-hydrogen) atoms. The van der Waals surface area contributed by atoms with Crippen molar-refractivity contribution >= 4 is 11.7 Å². The average Bonchev–Trinajstić information content (AvgIpc) is 2.74. The van der Waals surface area contributed by atoms with E-state index in [0.717, 1.165) is 25.0 Å². The molecule has 1 atom stereocenters. The van der Waals surface area contributed by atoms with Crippen LogP contribution in [0, 0.1) is 6.92 Å². The van der Waals surface area contributed by atoms with Gasteiger partial charge in [0.05, 0.1) is 12.2 Å². The number of anilines is 1. The van der Waals surface area contributed by atoms with Crippen LogP contribution in [0.4, 0.5) is 5.82 Å². The molecule has 1 aliphatic heterocycles. The van der Waals surface area contributed by atoms with E-state index in [1.807, 2.05) is 19.1 Å². The molecule has 3 rings (SSSR count). The minimum absolute atomic E-state index is 0.00187. The summed E-state index contributed by atoms with van der Waals surface area (Å²) in [5.41, 5.74) is 0.636. The Balaban J connectivity index is 1.75. The summed E-state index contributed by atoms with van der Waals surface area (Å²) in [6, 6.07) is 3.34. The lowest BCUT2D eigenvalue weighted by Crippen LogP contribution is -2.42. The molecule has 0 radical (unpaired) electrons. The lowest BCUT2D eigenvalue weighted by Gasteiger charge is -2.24. The predicted molar refractivity (Wildman–Crippen MR) is 91.9 cm³/mol. The van der Waals surface area contributed by atoms with E-state index < -0.39 is 0 Å². The second kappa shape index (κ2) is 7.04. The van der Waals surface area contributed by atoms with Gasteiger partial charge in [0, 0.05) is 20.6 Å². The number of hydrogen-bond donors (Lipinski definition) is 1. The summed E-state index contributed by atoms with van der Waals surface area (Å²) < 4.78 is 2.77. The van der Waals surface area contributed by atoms with Gasteiger partial charge in [0.25, 0.3) is 0 Å². The van der Waals surface area contributed by atoms with Gasteiger partial charge >= 0.3 is 5.69 Å². The van der Waals surface area contributed by atoms with Crippen LogP contribution in [-0.2, 0) is 25.4 Å². The summed E-state index contributed by atoms with van der Waals surface area (Å²) in [4.78, 5) is 26.5. The minimum atomic E-state index is -0.347. The zero-order valence-corrected chi connectivity index (χ0v) is 14.8. The molecule has 0 saturated carbocycles. The summed E-state index contributed by atoms with van der Waals surface area (Å²) in [6.45, 7) is 2.84. The van der Waals surface area contributed by atoms with Crippen LogP contribution in [0.2, 0.25) is 0 Å². The average molecular weight is 345 g/mol. The van der Waals surface area contributed by atoms with Gasteiger partial charge in [-0.15, -0.1) is 5.10 Å². The SMILES string of the molecule is Cc1ccc(NC2CCCCN(Cc3nn(C)c(=O)n3C)C2=O)nn1. The number of carbonyl (C=O) groups is 1. The molecule has 1 N–H and O–H groups in total. The molecule has 0 aliphatic carbocycles. The number of nitrogens with zero attached hydrogens (tertiary/aromatic N) is 6. The maximum atomic E-state index is 12.9. The number of carbonyl (C=O) groups excluding carboxylic acids is 1. The standard InChI is InChI=1S/C16H23N7O2/c1-11-7-8-13(19-18-11)17-12-6-4-5-9-23(15(12)24)10-14-20-22(3)16(25)21(14)2/h7-8,12H,4-6,9-10H2,1-3H3,(H,17,19). The van der Waals surface area contributed by atoms with Crippen molar-refractivity contribution in [2.75, 3.05) is 11.9 Å². The third-order valence-electron chi connectivity index (χ3n) is 4.45. The molecule has 1 amide bonds. The van der Waals surface area contributed by atoms with E-state index >= 15 is 0 Å². The zero-order chi connectivity index (χ0) is 18.0. The molecular weight excluding hydrogens is 322 g/mol. The summed E-state index contributed by atoms with van der Waals surface area (Å²) in [7, 11) is 3.28. The van der Waals surface area contributed by atoms with Crippen LogP contribution in [0.15, 0.2) is 16.9 Å². The van der Waals surface area contributed by atoms with Crippen LogP contribution in [0.1, 0.15) is 30.8 Å². The minimum Gasteiger partial charge on any atom is -0.357 e. The second-order valence-corrected chi connectivity index (χ2v) is 6.39. The molecule has 3 heterocycles. The molecule has 2 aromatic heterocycles. The Kier molecular flexibility index (Phi) is 4.82. The largest absolute Gasteiger partial charge is 0.357 e. The fraction of sp³-hybridized carbons (Fsp3) is 0.562. The van der Waals surface area contributed by atoms with Crippen molar-refractivity contribution in [2.45, 2.75) is 38.8 Å². The molecule has 1 fully saturated rings. The zero-order valence-electron chi connectivity index (χ0n) is 14.8. The first-order chi connectivity index (χ1) is 12.0. The van der Waals surface area contributed by atoms with Crippen molar-refractivity contribution in [1.29, 1.82) is 0 Å². The van der Waals surface area contributed by atoms with E-state index in [2.05, 4.69) is 20.6 Å². The van der Waals surface area contributed by atoms with E-state index in [1.165, 1.54) is 9.25 Å². The summed E-state index contributed by atoms with van der Waals surface area (Å²) in [6.07, 6.45) is 2.61. The van der Waals surface area contributed by atoms with Gasteiger partial charge in [0.15, 0.2) is 5.82 Å². The van der Waals surface area contributed by atoms with Gasteiger partial charge in [-0.3, -0.25) is 9.36 Å². The highest BCUT2D eigenvalue weighted by Gasteiger charge is 2.28. The fourth-order valence-corrected chi connectivity index (χ4v) is 2.97. The Hall–Kier alpha value is -2.71. The summed E-state index contributed by atoms with van der Waals surface area (Å²) in [5, 5.41) is 15.5. The first-order valence-electron chi connectivity index (χ1n) is 8.40. The Morgan fingerprint density at radius 3 is 2.64 bits per heavy atom. The van der Waals surface area contributed by atoms with E-state index in [0.29, 0.717) is 24.7 Å². The van der Waals surface area contributed by atoms with Crippen molar-refractivity contribution in [1.82, 2.24) is 29.4 Å². The number of amides is 1. The topological polar surface area (TPSA) is 97.9 Å². The maximum absolute atomic E-state index is 12.9. The molecule has 2 aromatic rings. The molecule has 1 aliphatic rings. The number of nitrogens with one attached hydrogen (secondary N) is 1. The van der Waals surface area contributed by atoms with Crippen LogP contribution in [0.25, 0.3) is 0 Å². The van der Waals surface area contributed by atoms with Crippen molar-refractivity contribution in [3.63, 3.8) is 0 Å². The van der Waals surface area contributed by atoms with Crippen LogP contribution in [-0.4, -0.2) is 47.9 Å². The third-order valence-corrected chi connectivity index (χ3v) is 4.45. The molecule has 9 nitrogen and oxygen atoms in total. The fourth-order valence-electron chi connectivity index (χ4n) is 2.97. The van der Waals surface area contributed by atoms with Crippen molar-refractivity contribution in [3.8, 4) is 0 Å². The number of likely N-dealkylation sites (tertiary alicyclic amines) is 1. The number of aromatic nitrogens is 5. The maximum Gasteiger partial charge on any atom is 0.345 e. The van der Waals surface area contributed by atoms with Crippen LogP contribution in [0.3, 0.4) is 0 Å². The highest BCUT2D eigenvalue weighted by molar-refractivity contribution is 5.84. The normalized spacial score (nSPS) is 18.3. The monoisotopic (exact) mass is 345 g/mol. The Labute approximate surface area is 145 Å². The van der Waals surface area contributed by atoms with Gasteiger partial charge in [-0.05, 0) is 38.3 Å². The van der Waals surface area contributed by atoms with Crippen LogP contribution in [0.5, 0.6) is 0 Å². The molecular formula is C16H23N7O2. The Bertz CT molecular complexity index is 809. The lowest BCUT2D eigenvalue weighted by molar-refractivity contribution is -0.132.